The first kappa shape index (κ1) is 30.7. The summed E-state index contributed by atoms with van der Waals surface area (Å²) in [7, 11) is 0. The molecule has 0 unspecified atom stereocenters. The molecular formula is C33H34N4O6. The third-order valence-corrected chi connectivity index (χ3v) is 7.87. The minimum absolute atomic E-state index is 0.0943. The number of aliphatic carboxylic acids is 2. The van der Waals surface area contributed by atoms with Crippen LogP contribution in [-0.2, 0) is 32.0 Å². The summed E-state index contributed by atoms with van der Waals surface area (Å²) in [5, 5.41) is 23.0. The molecule has 4 heterocycles. The number of amides is 2. The first-order valence-electron chi connectivity index (χ1n) is 13.8. The quantitative estimate of drug-likeness (QED) is 0.273. The summed E-state index contributed by atoms with van der Waals surface area (Å²) >= 11 is 0. The largest absolute Gasteiger partial charge is 0.481 e. The van der Waals surface area contributed by atoms with Gasteiger partial charge in [0.05, 0.1) is 11.4 Å². The van der Waals surface area contributed by atoms with E-state index in [9.17, 15) is 29.4 Å². The fraction of sp³-hybridized carbons (Fsp3) is 0.242. The van der Waals surface area contributed by atoms with Crippen LogP contribution in [-0.4, -0.2) is 49.6 Å². The van der Waals surface area contributed by atoms with Crippen molar-refractivity contribution in [3.8, 4) is 0 Å². The number of nitrogens with one attached hydrogen (secondary N) is 3. The molecule has 222 valence electrons. The summed E-state index contributed by atoms with van der Waals surface area (Å²) in [5.41, 5.74) is 7.97. The van der Waals surface area contributed by atoms with Gasteiger partial charge in [-0.2, -0.15) is 0 Å². The highest BCUT2D eigenvalue weighted by Crippen LogP contribution is 2.27. The Kier molecular flexibility index (Phi) is 8.80. The highest BCUT2D eigenvalue weighted by molar-refractivity contribution is 6.31. The number of hydrogen-bond donors (Lipinski definition) is 5. The second kappa shape index (κ2) is 12.3. The molecule has 5 N–H and O–H groups in total. The van der Waals surface area contributed by atoms with Crippen LogP contribution in [0.5, 0.6) is 0 Å². The van der Waals surface area contributed by atoms with Crippen molar-refractivity contribution in [2.24, 2.45) is 4.99 Å². The number of nitrogens with zero attached hydrogens (tertiary/aromatic N) is 1. The lowest BCUT2D eigenvalue weighted by molar-refractivity contribution is -0.138. The number of H-pyrrole nitrogens is 2. The van der Waals surface area contributed by atoms with Gasteiger partial charge in [0.25, 0.3) is 11.8 Å². The Hall–Kier alpha value is -5.25. The third-order valence-electron chi connectivity index (χ3n) is 7.87. The number of aromatic nitrogens is 2. The van der Waals surface area contributed by atoms with Gasteiger partial charge < -0.3 is 25.5 Å². The number of rotatable bonds is 11. The molecule has 0 bridgehead atoms. The highest BCUT2D eigenvalue weighted by atomic mass is 16.4. The van der Waals surface area contributed by atoms with Crippen molar-refractivity contribution in [1.82, 2.24) is 15.3 Å². The molecule has 0 spiro atoms. The van der Waals surface area contributed by atoms with Crippen LogP contribution >= 0.6 is 0 Å². The summed E-state index contributed by atoms with van der Waals surface area (Å²) in [4.78, 5) is 58.4. The van der Waals surface area contributed by atoms with Crippen LogP contribution in [0.3, 0.4) is 0 Å². The monoisotopic (exact) mass is 582 g/mol. The minimum atomic E-state index is -0.941. The molecule has 0 saturated heterocycles. The van der Waals surface area contributed by atoms with Crippen molar-refractivity contribution in [3.63, 3.8) is 0 Å². The van der Waals surface area contributed by atoms with Gasteiger partial charge in [0.15, 0.2) is 0 Å². The molecule has 0 fully saturated rings. The molecule has 0 aromatic carbocycles. The Morgan fingerprint density at radius 1 is 0.767 bits per heavy atom. The Labute approximate surface area is 248 Å². The maximum atomic E-state index is 12.3. The molecule has 0 aliphatic carbocycles. The van der Waals surface area contributed by atoms with Crippen LogP contribution in [0.2, 0.25) is 0 Å². The highest BCUT2D eigenvalue weighted by Gasteiger charge is 2.23. The van der Waals surface area contributed by atoms with Crippen LogP contribution < -0.4 is 16.0 Å². The van der Waals surface area contributed by atoms with E-state index in [1.54, 1.807) is 32.1 Å². The first-order valence-corrected chi connectivity index (χ1v) is 13.8. The zero-order valence-electron chi connectivity index (χ0n) is 24.6. The molecule has 43 heavy (non-hydrogen) atoms. The molecule has 0 saturated carbocycles. The van der Waals surface area contributed by atoms with Gasteiger partial charge in [0.2, 0.25) is 0 Å². The zero-order valence-corrected chi connectivity index (χ0v) is 24.6. The van der Waals surface area contributed by atoms with Crippen LogP contribution in [0.25, 0.3) is 18.2 Å². The Bertz CT molecular complexity index is 1860. The van der Waals surface area contributed by atoms with E-state index in [4.69, 9.17) is 0 Å². The summed E-state index contributed by atoms with van der Waals surface area (Å²) in [6, 6.07) is 0. The van der Waals surface area contributed by atoms with E-state index in [1.807, 2.05) is 19.9 Å². The normalized spacial score (nSPS) is 16.9. The lowest BCUT2D eigenvalue weighted by atomic mass is 10.0. The molecule has 10 heteroatoms. The van der Waals surface area contributed by atoms with Gasteiger partial charge in [-0.05, 0) is 86.6 Å². The molecule has 0 atom stereocenters. The molecule has 0 radical (unpaired) electrons. The third kappa shape index (κ3) is 6.18. The number of carboxylic acids is 2. The van der Waals surface area contributed by atoms with Crippen molar-refractivity contribution >= 4 is 47.7 Å². The van der Waals surface area contributed by atoms with Crippen molar-refractivity contribution < 1.29 is 29.4 Å². The molecule has 2 aromatic heterocycles. The Morgan fingerprint density at radius 3 is 1.98 bits per heavy atom. The number of aromatic amines is 2. The van der Waals surface area contributed by atoms with Crippen molar-refractivity contribution in [2.45, 2.75) is 53.4 Å². The fourth-order valence-electron chi connectivity index (χ4n) is 5.34. The van der Waals surface area contributed by atoms with E-state index in [1.165, 1.54) is 6.08 Å². The summed E-state index contributed by atoms with van der Waals surface area (Å²) in [5.74, 6) is -2.46. The van der Waals surface area contributed by atoms with Crippen molar-refractivity contribution in [1.29, 1.82) is 0 Å². The second-order valence-electron chi connectivity index (χ2n) is 10.5. The predicted octanol–water partition coefficient (Wildman–Crippen LogP) is 3.06. The van der Waals surface area contributed by atoms with Gasteiger partial charge >= 0.3 is 11.9 Å². The van der Waals surface area contributed by atoms with E-state index < -0.39 is 11.9 Å². The number of hydrogen-bond acceptors (Lipinski definition) is 4. The van der Waals surface area contributed by atoms with Gasteiger partial charge in [0, 0.05) is 51.6 Å². The van der Waals surface area contributed by atoms with Crippen molar-refractivity contribution in [2.75, 3.05) is 0 Å². The topological polar surface area (TPSA) is 165 Å². The van der Waals surface area contributed by atoms with Crippen LogP contribution in [0.15, 0.2) is 58.3 Å². The maximum Gasteiger partial charge on any atom is 0.303 e. The molecule has 2 aliphatic rings. The molecule has 2 amide bonds. The molecule has 4 rings (SSSR count). The number of allylic oxidation sites excluding steroid dienone is 2. The SMILES string of the molecule is C=CC1=C(C)C(/C=c2/[nH]/c(=C\c3[nH]c(/C=C4/NC(=O)C(C)=C4C=C)c(C)c3CCC(=O)O)c(CCC(=O)O)c2C)=NC1=O. The van der Waals surface area contributed by atoms with E-state index in [2.05, 4.69) is 33.4 Å². The van der Waals surface area contributed by atoms with Gasteiger partial charge in [-0.25, -0.2) is 4.99 Å². The average molecular weight is 583 g/mol. The minimum Gasteiger partial charge on any atom is -0.481 e. The van der Waals surface area contributed by atoms with Crippen LogP contribution in [0.4, 0.5) is 0 Å². The molecule has 2 aromatic rings. The maximum absolute atomic E-state index is 12.3. The smallest absolute Gasteiger partial charge is 0.303 e. The van der Waals surface area contributed by atoms with Gasteiger partial charge in [-0.15, -0.1) is 0 Å². The fourth-order valence-corrected chi connectivity index (χ4v) is 5.34. The number of carbonyl (C=O) groups is 4. The van der Waals surface area contributed by atoms with E-state index >= 15 is 0 Å². The number of carboxylic acid groups (broad SMARTS) is 2. The lowest BCUT2D eigenvalue weighted by Gasteiger charge is -2.02. The Balaban J connectivity index is 1.92. The average Bonchev–Trinajstić information content (AvgIpc) is 3.59. The second-order valence-corrected chi connectivity index (χ2v) is 10.5. The molecule has 2 aliphatic heterocycles. The molecule has 10 nitrogen and oxygen atoms in total. The number of carbonyl (C=O) groups excluding carboxylic acids is 2. The standard InChI is InChI=1S/C33H34N4O6/c1-7-20-19(6)32(42)37-27(20)14-25-18(5)23(10-12-31(40)41)29(35-25)15-28-22(9-11-30(38)39)17(4)24(34-28)13-26-16(3)21(8-2)33(43)36-26/h7-8,13-15,34-35H,1-2,9-12H2,3-6H3,(H,37,42)(H,38,39)(H,40,41)/b24-13+,27-14+,28-15-. The van der Waals surface area contributed by atoms with Gasteiger partial charge in [0.1, 0.15) is 0 Å². The lowest BCUT2D eigenvalue weighted by Crippen LogP contribution is -2.15. The van der Waals surface area contributed by atoms with Gasteiger partial charge in [-0.3, -0.25) is 19.2 Å². The van der Waals surface area contributed by atoms with E-state index in [0.29, 0.717) is 55.8 Å². The van der Waals surface area contributed by atoms with Crippen molar-refractivity contribution in [3.05, 3.63) is 97.6 Å². The van der Waals surface area contributed by atoms with E-state index in [-0.39, 0.29) is 37.5 Å². The van der Waals surface area contributed by atoms with E-state index in [0.717, 1.165) is 22.3 Å². The molecular weight excluding hydrogens is 548 g/mol. The summed E-state index contributed by atoms with van der Waals surface area (Å²) < 4.78 is 0. The van der Waals surface area contributed by atoms with Crippen LogP contribution in [0, 0.1) is 13.8 Å². The summed E-state index contributed by atoms with van der Waals surface area (Å²) in [6.07, 6.45) is 8.80. The zero-order chi connectivity index (χ0) is 31.6. The first-order chi connectivity index (χ1) is 20.4. The van der Waals surface area contributed by atoms with Gasteiger partial charge in [-0.1, -0.05) is 25.3 Å². The predicted molar refractivity (Wildman–Crippen MR) is 165 cm³/mol. The summed E-state index contributed by atoms with van der Waals surface area (Å²) in [6.45, 7) is 14.8. The Morgan fingerprint density at radius 2 is 1.40 bits per heavy atom. The number of aliphatic imine (C=N–C) groups is 1. The van der Waals surface area contributed by atoms with Crippen LogP contribution in [0.1, 0.15) is 60.3 Å².